The second kappa shape index (κ2) is 3.29. The second-order valence-corrected chi connectivity index (χ2v) is 5.23. The SMILES string of the molecule is CN(C)S(=O)(=O)N1CC[C@H](O)C1. The molecule has 1 atom stereocenters. The molecule has 1 rings (SSSR count). The van der Waals surface area contributed by atoms with Crippen LogP contribution in [0.25, 0.3) is 0 Å². The molecular formula is C6H14N2O3S. The van der Waals surface area contributed by atoms with Crippen molar-refractivity contribution in [2.75, 3.05) is 27.2 Å². The van der Waals surface area contributed by atoms with Crippen molar-refractivity contribution >= 4 is 10.2 Å². The summed E-state index contributed by atoms with van der Waals surface area (Å²) >= 11 is 0. The Kier molecular flexibility index (Phi) is 2.72. The van der Waals surface area contributed by atoms with Gasteiger partial charge in [-0.25, -0.2) is 0 Å². The minimum atomic E-state index is -3.30. The van der Waals surface area contributed by atoms with Gasteiger partial charge < -0.3 is 5.11 Å². The van der Waals surface area contributed by atoms with Crippen LogP contribution in [0.5, 0.6) is 0 Å². The molecule has 1 aliphatic rings. The van der Waals surface area contributed by atoms with Crippen molar-refractivity contribution in [3.8, 4) is 0 Å². The summed E-state index contributed by atoms with van der Waals surface area (Å²) in [7, 11) is -0.331. The molecule has 1 aliphatic heterocycles. The third-order valence-electron chi connectivity index (χ3n) is 1.91. The molecule has 5 nitrogen and oxygen atoms in total. The Morgan fingerprint density at radius 3 is 2.42 bits per heavy atom. The van der Waals surface area contributed by atoms with Crippen molar-refractivity contribution in [3.63, 3.8) is 0 Å². The van der Waals surface area contributed by atoms with Crippen LogP contribution < -0.4 is 0 Å². The van der Waals surface area contributed by atoms with Gasteiger partial charge in [0, 0.05) is 27.2 Å². The van der Waals surface area contributed by atoms with E-state index >= 15 is 0 Å². The van der Waals surface area contributed by atoms with E-state index in [1.54, 1.807) is 0 Å². The van der Waals surface area contributed by atoms with Gasteiger partial charge in [-0.3, -0.25) is 0 Å². The van der Waals surface area contributed by atoms with Crippen LogP contribution in [-0.2, 0) is 10.2 Å². The number of hydrogen-bond donors (Lipinski definition) is 1. The lowest BCUT2D eigenvalue weighted by Gasteiger charge is -2.19. The first-order valence-corrected chi connectivity index (χ1v) is 5.20. The maximum absolute atomic E-state index is 11.4. The largest absolute Gasteiger partial charge is 0.392 e. The average molecular weight is 194 g/mol. The molecule has 0 unspecified atom stereocenters. The van der Waals surface area contributed by atoms with E-state index in [4.69, 9.17) is 5.11 Å². The van der Waals surface area contributed by atoms with E-state index in [1.807, 2.05) is 0 Å². The fraction of sp³-hybridized carbons (Fsp3) is 1.00. The average Bonchev–Trinajstić information content (AvgIpc) is 2.35. The van der Waals surface area contributed by atoms with Crippen LogP contribution in [0, 0.1) is 0 Å². The minimum Gasteiger partial charge on any atom is -0.392 e. The molecule has 1 heterocycles. The zero-order chi connectivity index (χ0) is 9.35. The maximum Gasteiger partial charge on any atom is 0.281 e. The minimum absolute atomic E-state index is 0.223. The van der Waals surface area contributed by atoms with Gasteiger partial charge in [0.2, 0.25) is 0 Å². The predicted octanol–water partition coefficient (Wildman–Crippen LogP) is -1.14. The van der Waals surface area contributed by atoms with Gasteiger partial charge in [0.15, 0.2) is 0 Å². The van der Waals surface area contributed by atoms with E-state index in [-0.39, 0.29) is 6.54 Å². The molecule has 1 N–H and O–H groups in total. The molecule has 0 aromatic heterocycles. The normalized spacial score (nSPS) is 26.8. The topological polar surface area (TPSA) is 60.9 Å². The van der Waals surface area contributed by atoms with E-state index in [1.165, 1.54) is 18.4 Å². The smallest absolute Gasteiger partial charge is 0.281 e. The lowest BCUT2D eigenvalue weighted by atomic mass is 10.3. The number of rotatable bonds is 2. The number of aliphatic hydroxyl groups excluding tert-OH is 1. The fourth-order valence-electron chi connectivity index (χ4n) is 1.15. The molecule has 0 aromatic carbocycles. The second-order valence-electron chi connectivity index (χ2n) is 3.09. The highest BCUT2D eigenvalue weighted by Gasteiger charge is 2.31. The fourth-order valence-corrected chi connectivity index (χ4v) is 2.31. The van der Waals surface area contributed by atoms with Gasteiger partial charge >= 0.3 is 0 Å². The Balaban J connectivity index is 2.71. The molecule has 1 saturated heterocycles. The number of hydrogen-bond acceptors (Lipinski definition) is 3. The number of aliphatic hydroxyl groups is 1. The van der Waals surface area contributed by atoms with Crippen LogP contribution in [0.1, 0.15) is 6.42 Å². The van der Waals surface area contributed by atoms with Crippen LogP contribution in [0.3, 0.4) is 0 Å². The van der Waals surface area contributed by atoms with Crippen LogP contribution in [0.4, 0.5) is 0 Å². The molecule has 0 spiro atoms. The lowest BCUT2D eigenvalue weighted by molar-refractivity contribution is 0.188. The predicted molar refractivity (Wildman–Crippen MR) is 44.8 cm³/mol. The summed E-state index contributed by atoms with van der Waals surface area (Å²) in [5, 5.41) is 9.12. The first-order valence-electron chi connectivity index (χ1n) is 3.80. The third kappa shape index (κ3) is 1.77. The van der Waals surface area contributed by atoms with Crippen molar-refractivity contribution in [2.45, 2.75) is 12.5 Å². The molecule has 0 aliphatic carbocycles. The summed E-state index contributed by atoms with van der Waals surface area (Å²) in [4.78, 5) is 0. The molecule has 0 amide bonds. The van der Waals surface area contributed by atoms with Crippen molar-refractivity contribution in [3.05, 3.63) is 0 Å². The maximum atomic E-state index is 11.4. The quantitative estimate of drug-likeness (QED) is 0.604. The molecule has 72 valence electrons. The van der Waals surface area contributed by atoms with Gasteiger partial charge in [0.1, 0.15) is 0 Å². The van der Waals surface area contributed by atoms with Gasteiger partial charge in [-0.15, -0.1) is 0 Å². The van der Waals surface area contributed by atoms with Gasteiger partial charge in [-0.1, -0.05) is 0 Å². The van der Waals surface area contributed by atoms with Crippen LogP contribution in [0.2, 0.25) is 0 Å². The summed E-state index contributed by atoms with van der Waals surface area (Å²) in [5.41, 5.74) is 0. The molecular weight excluding hydrogens is 180 g/mol. The van der Waals surface area contributed by atoms with Crippen LogP contribution in [-0.4, -0.2) is 55.4 Å². The highest BCUT2D eigenvalue weighted by Crippen LogP contribution is 2.14. The monoisotopic (exact) mass is 194 g/mol. The Bertz CT molecular complexity index is 250. The molecule has 0 radical (unpaired) electrons. The number of nitrogens with zero attached hydrogens (tertiary/aromatic N) is 2. The Morgan fingerprint density at radius 1 is 1.50 bits per heavy atom. The molecule has 0 saturated carbocycles. The molecule has 6 heteroatoms. The summed E-state index contributed by atoms with van der Waals surface area (Å²) in [6, 6.07) is 0. The molecule has 12 heavy (non-hydrogen) atoms. The van der Waals surface area contributed by atoms with E-state index < -0.39 is 16.3 Å². The zero-order valence-corrected chi connectivity index (χ0v) is 8.08. The van der Waals surface area contributed by atoms with Gasteiger partial charge in [-0.05, 0) is 6.42 Å². The standard InChI is InChI=1S/C6H14N2O3S/c1-7(2)12(10,11)8-4-3-6(9)5-8/h6,9H,3-5H2,1-2H3/t6-/m0/s1. The summed E-state index contributed by atoms with van der Waals surface area (Å²) in [6.45, 7) is 0.641. The molecule has 1 fully saturated rings. The van der Waals surface area contributed by atoms with Crippen molar-refractivity contribution in [2.24, 2.45) is 0 Å². The van der Waals surface area contributed by atoms with Gasteiger partial charge in [0.05, 0.1) is 6.10 Å². The van der Waals surface area contributed by atoms with E-state index in [2.05, 4.69) is 0 Å². The van der Waals surface area contributed by atoms with Crippen molar-refractivity contribution in [1.29, 1.82) is 0 Å². The summed E-state index contributed by atoms with van der Waals surface area (Å²) in [5.74, 6) is 0. The molecule has 0 bridgehead atoms. The highest BCUT2D eigenvalue weighted by atomic mass is 32.2. The van der Waals surface area contributed by atoms with Gasteiger partial charge in [-0.2, -0.15) is 17.0 Å². The van der Waals surface area contributed by atoms with Crippen molar-refractivity contribution in [1.82, 2.24) is 8.61 Å². The van der Waals surface area contributed by atoms with E-state index in [9.17, 15) is 8.42 Å². The van der Waals surface area contributed by atoms with Crippen molar-refractivity contribution < 1.29 is 13.5 Å². The summed E-state index contributed by atoms with van der Waals surface area (Å²) < 4.78 is 25.3. The number of β-amino-alcohol motifs (C(OH)–C–C–N with tert-alkyl or cyclic N) is 1. The Morgan fingerprint density at radius 2 is 2.08 bits per heavy atom. The van der Waals surface area contributed by atoms with E-state index in [0.29, 0.717) is 13.0 Å². The Labute approximate surface area is 72.8 Å². The summed E-state index contributed by atoms with van der Waals surface area (Å²) in [6.07, 6.45) is 0.0345. The zero-order valence-electron chi connectivity index (χ0n) is 7.27. The molecule has 0 aromatic rings. The van der Waals surface area contributed by atoms with Crippen LogP contribution in [0.15, 0.2) is 0 Å². The van der Waals surface area contributed by atoms with Crippen LogP contribution >= 0.6 is 0 Å². The lowest BCUT2D eigenvalue weighted by Crippen LogP contribution is -2.38. The first-order chi connectivity index (χ1) is 5.44. The Hall–Kier alpha value is -0.170. The van der Waals surface area contributed by atoms with E-state index in [0.717, 1.165) is 4.31 Å². The highest BCUT2D eigenvalue weighted by molar-refractivity contribution is 7.86. The first kappa shape index (κ1) is 9.91. The van der Waals surface area contributed by atoms with Gasteiger partial charge in [0.25, 0.3) is 10.2 Å². The third-order valence-corrected chi connectivity index (χ3v) is 3.82.